The third kappa shape index (κ3) is 6.71. The lowest BCUT2D eigenvalue weighted by Gasteiger charge is -2.01. The first-order valence-corrected chi connectivity index (χ1v) is 5.68. The molecule has 0 unspecified atom stereocenters. The maximum Gasteiger partial charge on any atom is -0.0136 e. The molecule has 80 valence electrons. The van der Waals surface area contributed by atoms with E-state index in [0.29, 0.717) is 0 Å². The SMILES string of the molecule is C/C=C(C)\C=C/C/C(=C/C)CCCC. The molecular formula is C14H24. The van der Waals surface area contributed by atoms with Crippen LogP contribution in [0.4, 0.5) is 0 Å². The normalized spacial score (nSPS) is 14.0. The molecule has 0 radical (unpaired) electrons. The smallest absolute Gasteiger partial charge is 0.0136 e. The summed E-state index contributed by atoms with van der Waals surface area (Å²) in [6, 6.07) is 0. The molecular weight excluding hydrogens is 168 g/mol. The first kappa shape index (κ1) is 13.2. The number of rotatable bonds is 6. The van der Waals surface area contributed by atoms with Crippen molar-refractivity contribution in [3.63, 3.8) is 0 Å². The van der Waals surface area contributed by atoms with E-state index < -0.39 is 0 Å². The van der Waals surface area contributed by atoms with Crippen LogP contribution in [-0.2, 0) is 0 Å². The van der Waals surface area contributed by atoms with Crippen LogP contribution < -0.4 is 0 Å². The molecule has 0 atom stereocenters. The van der Waals surface area contributed by atoms with Gasteiger partial charge < -0.3 is 0 Å². The molecule has 0 spiro atoms. The van der Waals surface area contributed by atoms with Gasteiger partial charge in [0.2, 0.25) is 0 Å². The highest BCUT2D eigenvalue weighted by Gasteiger charge is 1.92. The second-order valence-corrected chi connectivity index (χ2v) is 3.69. The standard InChI is InChI=1S/C14H24/c1-5-8-11-14(7-3)12-9-10-13(4)6-2/h6-7,9-10H,5,8,11-12H2,1-4H3/b10-9-,13-6-,14-7+. The van der Waals surface area contributed by atoms with Crippen molar-refractivity contribution in [2.45, 2.75) is 53.4 Å². The molecule has 0 heterocycles. The zero-order valence-corrected chi connectivity index (χ0v) is 10.1. The number of hydrogen-bond acceptors (Lipinski definition) is 0. The predicted molar refractivity (Wildman–Crippen MR) is 66.5 cm³/mol. The molecule has 0 nitrogen and oxygen atoms in total. The lowest BCUT2D eigenvalue weighted by molar-refractivity contribution is 0.774. The fourth-order valence-electron chi connectivity index (χ4n) is 1.26. The predicted octanol–water partition coefficient (Wildman–Crippen LogP) is 5.04. The molecule has 0 aliphatic heterocycles. The fraction of sp³-hybridized carbons (Fsp3) is 0.571. The summed E-state index contributed by atoms with van der Waals surface area (Å²) in [5.74, 6) is 0. The van der Waals surface area contributed by atoms with E-state index in [1.165, 1.54) is 24.8 Å². The van der Waals surface area contributed by atoms with E-state index in [9.17, 15) is 0 Å². The van der Waals surface area contributed by atoms with Gasteiger partial charge >= 0.3 is 0 Å². The summed E-state index contributed by atoms with van der Waals surface area (Å²) >= 11 is 0. The second kappa shape index (κ2) is 8.80. The largest absolute Gasteiger partial charge is 0.0881 e. The van der Waals surface area contributed by atoms with Gasteiger partial charge in [0.15, 0.2) is 0 Å². The number of allylic oxidation sites excluding steroid dienone is 6. The third-order valence-electron chi connectivity index (χ3n) is 2.48. The quantitative estimate of drug-likeness (QED) is 0.409. The van der Waals surface area contributed by atoms with Gasteiger partial charge in [-0.1, -0.05) is 48.8 Å². The van der Waals surface area contributed by atoms with Gasteiger partial charge in [-0.2, -0.15) is 0 Å². The lowest BCUT2D eigenvalue weighted by Crippen LogP contribution is -1.81. The Morgan fingerprint density at radius 1 is 1.14 bits per heavy atom. The van der Waals surface area contributed by atoms with E-state index in [1.54, 1.807) is 5.57 Å². The average molecular weight is 192 g/mol. The molecule has 14 heavy (non-hydrogen) atoms. The van der Waals surface area contributed by atoms with Crippen LogP contribution in [0.2, 0.25) is 0 Å². The molecule has 0 bridgehead atoms. The molecule has 0 N–H and O–H groups in total. The topological polar surface area (TPSA) is 0 Å². The molecule has 0 rings (SSSR count). The Morgan fingerprint density at radius 2 is 1.86 bits per heavy atom. The van der Waals surface area contributed by atoms with Crippen molar-refractivity contribution in [3.05, 3.63) is 35.5 Å². The highest BCUT2D eigenvalue weighted by Crippen LogP contribution is 2.12. The minimum absolute atomic E-state index is 1.11. The maximum atomic E-state index is 2.26. The average Bonchev–Trinajstić information content (AvgIpc) is 2.22. The highest BCUT2D eigenvalue weighted by molar-refractivity contribution is 5.17. The maximum absolute atomic E-state index is 2.26. The molecule has 0 saturated heterocycles. The zero-order chi connectivity index (χ0) is 10.8. The zero-order valence-electron chi connectivity index (χ0n) is 10.1. The molecule has 0 saturated carbocycles. The molecule has 0 amide bonds. The molecule has 0 aromatic carbocycles. The van der Waals surface area contributed by atoms with Gasteiger partial charge in [0.05, 0.1) is 0 Å². The van der Waals surface area contributed by atoms with Crippen LogP contribution in [0.5, 0.6) is 0 Å². The van der Waals surface area contributed by atoms with E-state index in [2.05, 4.69) is 52.0 Å². The van der Waals surface area contributed by atoms with Crippen molar-refractivity contribution >= 4 is 0 Å². The van der Waals surface area contributed by atoms with Crippen LogP contribution in [0.15, 0.2) is 35.5 Å². The van der Waals surface area contributed by atoms with Gasteiger partial charge in [-0.15, -0.1) is 0 Å². The van der Waals surface area contributed by atoms with E-state index in [0.717, 1.165) is 6.42 Å². The van der Waals surface area contributed by atoms with Crippen molar-refractivity contribution in [3.8, 4) is 0 Å². The van der Waals surface area contributed by atoms with Crippen LogP contribution in [-0.4, -0.2) is 0 Å². The van der Waals surface area contributed by atoms with Crippen molar-refractivity contribution < 1.29 is 0 Å². The summed E-state index contributed by atoms with van der Waals surface area (Å²) in [6.45, 7) is 8.60. The van der Waals surface area contributed by atoms with Crippen molar-refractivity contribution in [2.75, 3.05) is 0 Å². The van der Waals surface area contributed by atoms with Gasteiger partial charge in [-0.25, -0.2) is 0 Å². The van der Waals surface area contributed by atoms with Gasteiger partial charge in [0.1, 0.15) is 0 Å². The molecule has 0 aliphatic rings. The Labute approximate surface area is 89.4 Å². The Balaban J connectivity index is 3.90. The lowest BCUT2D eigenvalue weighted by atomic mass is 10.0. The van der Waals surface area contributed by atoms with Gasteiger partial charge in [-0.3, -0.25) is 0 Å². The summed E-state index contributed by atoms with van der Waals surface area (Å²) < 4.78 is 0. The number of unbranched alkanes of at least 4 members (excludes halogenated alkanes) is 1. The minimum Gasteiger partial charge on any atom is -0.0881 e. The van der Waals surface area contributed by atoms with Crippen LogP contribution >= 0.6 is 0 Å². The Morgan fingerprint density at radius 3 is 2.36 bits per heavy atom. The molecule has 0 aromatic heterocycles. The van der Waals surface area contributed by atoms with E-state index in [-0.39, 0.29) is 0 Å². The van der Waals surface area contributed by atoms with Gasteiger partial charge in [0, 0.05) is 0 Å². The Kier molecular flexibility index (Phi) is 8.31. The number of hydrogen-bond donors (Lipinski definition) is 0. The summed E-state index contributed by atoms with van der Waals surface area (Å²) in [5, 5.41) is 0. The molecule has 0 fully saturated rings. The van der Waals surface area contributed by atoms with Crippen molar-refractivity contribution in [1.82, 2.24) is 0 Å². The van der Waals surface area contributed by atoms with Crippen LogP contribution in [0.25, 0.3) is 0 Å². The Bertz CT molecular complexity index is 216. The summed E-state index contributed by atoms with van der Waals surface area (Å²) in [6.07, 6.45) is 13.8. The van der Waals surface area contributed by atoms with E-state index in [1.807, 2.05) is 0 Å². The van der Waals surface area contributed by atoms with Crippen LogP contribution in [0.1, 0.15) is 53.4 Å². The molecule has 0 aliphatic carbocycles. The van der Waals surface area contributed by atoms with E-state index in [4.69, 9.17) is 0 Å². The summed E-state index contributed by atoms with van der Waals surface area (Å²) in [4.78, 5) is 0. The van der Waals surface area contributed by atoms with Crippen molar-refractivity contribution in [2.24, 2.45) is 0 Å². The monoisotopic (exact) mass is 192 g/mol. The van der Waals surface area contributed by atoms with Crippen LogP contribution in [0, 0.1) is 0 Å². The van der Waals surface area contributed by atoms with Crippen LogP contribution in [0.3, 0.4) is 0 Å². The molecule has 0 heteroatoms. The first-order valence-electron chi connectivity index (χ1n) is 5.68. The van der Waals surface area contributed by atoms with Gasteiger partial charge in [0.25, 0.3) is 0 Å². The van der Waals surface area contributed by atoms with E-state index >= 15 is 0 Å². The minimum atomic E-state index is 1.11. The first-order chi connectivity index (χ1) is 6.74. The second-order valence-electron chi connectivity index (χ2n) is 3.69. The summed E-state index contributed by atoms with van der Waals surface area (Å²) in [5.41, 5.74) is 2.91. The summed E-state index contributed by atoms with van der Waals surface area (Å²) in [7, 11) is 0. The fourth-order valence-corrected chi connectivity index (χ4v) is 1.26. The van der Waals surface area contributed by atoms with Crippen molar-refractivity contribution in [1.29, 1.82) is 0 Å². The Hall–Kier alpha value is -0.780. The molecule has 0 aromatic rings. The highest BCUT2D eigenvalue weighted by atomic mass is 14.0. The van der Waals surface area contributed by atoms with Gasteiger partial charge in [-0.05, 0) is 40.0 Å². The third-order valence-corrected chi connectivity index (χ3v) is 2.48.